The van der Waals surface area contributed by atoms with Gasteiger partial charge in [0.15, 0.2) is 0 Å². The summed E-state index contributed by atoms with van der Waals surface area (Å²) < 4.78 is 13.6. The van der Waals surface area contributed by atoms with Gasteiger partial charge in [0, 0.05) is 6.04 Å². The van der Waals surface area contributed by atoms with Crippen LogP contribution in [0.2, 0.25) is 5.02 Å². The summed E-state index contributed by atoms with van der Waals surface area (Å²) in [5, 5.41) is 11.8. The number of likely N-dealkylation sites (N-methyl/N-ethyl adjacent to an activating group) is 1. The number of aromatic nitrogens is 2. The number of nitrogens with zero attached hydrogens (tertiary/aromatic N) is 2. The number of halogens is 2. The van der Waals surface area contributed by atoms with Gasteiger partial charge in [-0.25, -0.2) is 4.39 Å². The van der Waals surface area contributed by atoms with Gasteiger partial charge >= 0.3 is 0 Å². The Labute approximate surface area is 129 Å². The van der Waals surface area contributed by atoms with Crippen LogP contribution in [-0.4, -0.2) is 17.2 Å². The zero-order valence-electron chi connectivity index (χ0n) is 12.5. The summed E-state index contributed by atoms with van der Waals surface area (Å²) in [7, 11) is 1.88. The van der Waals surface area contributed by atoms with E-state index in [0.717, 1.165) is 28.9 Å². The summed E-state index contributed by atoms with van der Waals surface area (Å²) in [5.41, 5.74) is 3.70. The fourth-order valence-corrected chi connectivity index (χ4v) is 2.61. The zero-order chi connectivity index (χ0) is 15.4. The first-order valence-corrected chi connectivity index (χ1v) is 7.37. The van der Waals surface area contributed by atoms with Crippen molar-refractivity contribution in [1.29, 1.82) is 0 Å². The van der Waals surface area contributed by atoms with Crippen LogP contribution < -0.4 is 5.32 Å². The van der Waals surface area contributed by atoms with Gasteiger partial charge in [0.25, 0.3) is 0 Å². The van der Waals surface area contributed by atoms with E-state index in [1.165, 1.54) is 6.07 Å². The summed E-state index contributed by atoms with van der Waals surface area (Å²) in [5.74, 6) is -0.385. The molecule has 0 saturated carbocycles. The summed E-state index contributed by atoms with van der Waals surface area (Å²) >= 11 is 6.06. The van der Waals surface area contributed by atoms with Crippen LogP contribution in [0, 0.1) is 12.7 Å². The Kier molecular flexibility index (Phi) is 5.26. The quantitative estimate of drug-likeness (QED) is 0.916. The Bertz CT molecular complexity index is 631. The van der Waals surface area contributed by atoms with Crippen LogP contribution >= 0.6 is 11.6 Å². The molecule has 1 aromatic carbocycles. The van der Waals surface area contributed by atoms with Crippen molar-refractivity contribution in [3.63, 3.8) is 0 Å². The zero-order valence-corrected chi connectivity index (χ0v) is 13.2. The van der Waals surface area contributed by atoms with Gasteiger partial charge in [-0.15, -0.1) is 0 Å². The van der Waals surface area contributed by atoms with E-state index in [9.17, 15) is 4.39 Å². The van der Waals surface area contributed by atoms with Crippen molar-refractivity contribution in [2.24, 2.45) is 0 Å². The smallest absolute Gasteiger partial charge is 0.142 e. The Morgan fingerprint density at radius 1 is 1.33 bits per heavy atom. The lowest BCUT2D eigenvalue weighted by Crippen LogP contribution is -2.21. The van der Waals surface area contributed by atoms with Gasteiger partial charge in [-0.3, -0.25) is 0 Å². The Morgan fingerprint density at radius 3 is 2.76 bits per heavy atom. The van der Waals surface area contributed by atoms with Crippen LogP contribution in [-0.2, 0) is 12.8 Å². The topological polar surface area (TPSA) is 37.8 Å². The third-order valence-electron chi connectivity index (χ3n) is 3.54. The number of hydrogen-bond acceptors (Lipinski definition) is 3. The van der Waals surface area contributed by atoms with Crippen LogP contribution in [0.1, 0.15) is 35.5 Å². The van der Waals surface area contributed by atoms with Gasteiger partial charge in [0.05, 0.1) is 16.4 Å². The lowest BCUT2D eigenvalue weighted by Gasteiger charge is -2.20. The molecule has 5 heteroatoms. The Morgan fingerprint density at radius 2 is 2.10 bits per heavy atom. The molecule has 1 heterocycles. The summed E-state index contributed by atoms with van der Waals surface area (Å²) in [6, 6.07) is 6.95. The maximum absolute atomic E-state index is 13.6. The van der Waals surface area contributed by atoms with Gasteiger partial charge < -0.3 is 5.32 Å². The fourth-order valence-electron chi connectivity index (χ4n) is 2.40. The molecule has 1 aromatic heterocycles. The largest absolute Gasteiger partial charge is 0.313 e. The molecule has 0 fully saturated rings. The molecule has 0 saturated heterocycles. The molecular weight excluding hydrogens is 289 g/mol. The van der Waals surface area contributed by atoms with Crippen LogP contribution in [0.25, 0.3) is 0 Å². The molecule has 0 spiro atoms. The first-order valence-electron chi connectivity index (χ1n) is 7.00. The van der Waals surface area contributed by atoms with Crippen LogP contribution in [0.3, 0.4) is 0 Å². The third kappa shape index (κ3) is 3.57. The highest BCUT2D eigenvalue weighted by Gasteiger charge is 2.17. The number of nitrogens with one attached hydrogen (secondary N) is 1. The minimum Gasteiger partial charge on any atom is -0.313 e. The highest BCUT2D eigenvalue weighted by Crippen LogP contribution is 2.27. The predicted molar refractivity (Wildman–Crippen MR) is 83.1 cm³/mol. The summed E-state index contributed by atoms with van der Waals surface area (Å²) in [6.45, 7) is 3.96. The molecule has 1 atom stereocenters. The van der Waals surface area contributed by atoms with Gasteiger partial charge in [-0.2, -0.15) is 10.2 Å². The van der Waals surface area contributed by atoms with Crippen molar-refractivity contribution in [3.05, 3.63) is 57.6 Å². The Balaban J connectivity index is 2.36. The van der Waals surface area contributed by atoms with E-state index in [-0.39, 0.29) is 16.9 Å². The van der Waals surface area contributed by atoms with Gasteiger partial charge in [0.1, 0.15) is 5.82 Å². The standard InChI is InChI=1S/C16H19ClFN3/c1-4-14-12(8-10(2)20-21-14)15(19-3)9-11-6-5-7-13(18)16(11)17/h5-8,15,19H,4,9H2,1-3H3. The molecule has 21 heavy (non-hydrogen) atoms. The summed E-state index contributed by atoms with van der Waals surface area (Å²) in [6.07, 6.45) is 1.41. The second-order valence-corrected chi connectivity index (χ2v) is 5.38. The van der Waals surface area contributed by atoms with Crippen molar-refractivity contribution >= 4 is 11.6 Å². The molecule has 0 radical (unpaired) electrons. The Hall–Kier alpha value is -1.52. The number of aryl methyl sites for hydroxylation is 2. The average molecular weight is 308 g/mol. The number of rotatable bonds is 5. The maximum atomic E-state index is 13.6. The number of benzene rings is 1. The average Bonchev–Trinajstić information content (AvgIpc) is 2.49. The van der Waals surface area contributed by atoms with Crippen LogP contribution in [0.5, 0.6) is 0 Å². The predicted octanol–water partition coefficient (Wildman–Crippen LogP) is 3.64. The second kappa shape index (κ2) is 6.96. The van der Waals surface area contributed by atoms with E-state index >= 15 is 0 Å². The van der Waals surface area contributed by atoms with E-state index in [1.807, 2.05) is 33.0 Å². The molecule has 3 nitrogen and oxygen atoms in total. The molecule has 0 aliphatic carbocycles. The third-order valence-corrected chi connectivity index (χ3v) is 3.96. The SMILES string of the molecule is CCc1nnc(C)cc1C(Cc1cccc(F)c1Cl)NC. The van der Waals surface area contributed by atoms with E-state index < -0.39 is 0 Å². The van der Waals surface area contributed by atoms with Gasteiger partial charge in [-0.05, 0) is 50.1 Å². The molecule has 0 aliphatic heterocycles. The van der Waals surface area contributed by atoms with E-state index in [0.29, 0.717) is 6.42 Å². The van der Waals surface area contributed by atoms with Crippen molar-refractivity contribution in [2.75, 3.05) is 7.05 Å². The molecule has 0 bridgehead atoms. The van der Waals surface area contributed by atoms with E-state index in [1.54, 1.807) is 6.07 Å². The monoisotopic (exact) mass is 307 g/mol. The molecule has 1 N–H and O–H groups in total. The normalized spacial score (nSPS) is 12.4. The first-order chi connectivity index (χ1) is 10.1. The minimum absolute atomic E-state index is 0.0217. The molecule has 0 amide bonds. The first kappa shape index (κ1) is 15.9. The van der Waals surface area contributed by atoms with Crippen LogP contribution in [0.15, 0.2) is 24.3 Å². The lowest BCUT2D eigenvalue weighted by atomic mass is 9.96. The van der Waals surface area contributed by atoms with Gasteiger partial charge in [-0.1, -0.05) is 30.7 Å². The van der Waals surface area contributed by atoms with Crippen molar-refractivity contribution in [3.8, 4) is 0 Å². The molecule has 0 aliphatic rings. The minimum atomic E-state index is -0.385. The summed E-state index contributed by atoms with van der Waals surface area (Å²) in [4.78, 5) is 0. The van der Waals surface area contributed by atoms with Crippen LogP contribution in [0.4, 0.5) is 4.39 Å². The van der Waals surface area contributed by atoms with Gasteiger partial charge in [0.2, 0.25) is 0 Å². The second-order valence-electron chi connectivity index (χ2n) is 5.00. The maximum Gasteiger partial charge on any atom is 0.142 e. The fraction of sp³-hybridized carbons (Fsp3) is 0.375. The molecule has 2 aromatic rings. The molecule has 2 rings (SSSR count). The highest BCUT2D eigenvalue weighted by atomic mass is 35.5. The highest BCUT2D eigenvalue weighted by molar-refractivity contribution is 6.31. The number of hydrogen-bond donors (Lipinski definition) is 1. The lowest BCUT2D eigenvalue weighted by molar-refractivity contribution is 0.573. The van der Waals surface area contributed by atoms with E-state index in [2.05, 4.69) is 15.5 Å². The van der Waals surface area contributed by atoms with Crippen molar-refractivity contribution in [2.45, 2.75) is 32.7 Å². The molecular formula is C16H19ClFN3. The molecule has 1 unspecified atom stereocenters. The van der Waals surface area contributed by atoms with Crippen molar-refractivity contribution in [1.82, 2.24) is 15.5 Å². The molecule has 112 valence electrons. The van der Waals surface area contributed by atoms with Crippen molar-refractivity contribution < 1.29 is 4.39 Å². The van der Waals surface area contributed by atoms with E-state index in [4.69, 9.17) is 11.6 Å².